The van der Waals surface area contributed by atoms with Crippen LogP contribution in [0.4, 0.5) is 4.79 Å². The maximum absolute atomic E-state index is 11.4. The van der Waals surface area contributed by atoms with E-state index >= 15 is 0 Å². The van der Waals surface area contributed by atoms with Crippen LogP contribution in [0.5, 0.6) is 5.75 Å². The van der Waals surface area contributed by atoms with E-state index in [0.717, 1.165) is 11.3 Å². The second-order valence-electron chi connectivity index (χ2n) is 4.88. The molecule has 1 aromatic carbocycles. The molecule has 1 N–H and O–H groups in total. The maximum Gasteiger partial charge on any atom is 0.407 e. The zero-order chi connectivity index (χ0) is 12.5. The summed E-state index contributed by atoms with van der Waals surface area (Å²) < 4.78 is 10.4. The third kappa shape index (κ3) is 2.20. The minimum atomic E-state index is -0.375. The third-order valence-corrected chi connectivity index (χ3v) is 3.07. The van der Waals surface area contributed by atoms with Gasteiger partial charge in [-0.3, -0.25) is 0 Å². The lowest BCUT2D eigenvalue weighted by molar-refractivity contribution is 0.0381. The first kappa shape index (κ1) is 11.8. The molecule has 0 aliphatic carbocycles. The van der Waals surface area contributed by atoms with Gasteiger partial charge in [0.25, 0.3) is 0 Å². The lowest BCUT2D eigenvalue weighted by Crippen LogP contribution is -2.47. The molecule has 0 unspecified atom stereocenters. The molecule has 2 rings (SSSR count). The summed E-state index contributed by atoms with van der Waals surface area (Å²) in [6.07, 6.45) is -0.375. The highest BCUT2D eigenvalue weighted by molar-refractivity contribution is 5.69. The second kappa shape index (κ2) is 4.28. The number of methoxy groups -OCH3 is 1. The monoisotopic (exact) mass is 235 g/mol. The van der Waals surface area contributed by atoms with Crippen LogP contribution in [0.25, 0.3) is 0 Å². The van der Waals surface area contributed by atoms with E-state index in [0.29, 0.717) is 6.61 Å². The first-order chi connectivity index (χ1) is 8.04. The summed E-state index contributed by atoms with van der Waals surface area (Å²) in [5, 5.41) is 2.86. The molecular weight excluding hydrogens is 218 g/mol. The Bertz CT molecular complexity index is 428. The Balaban J connectivity index is 2.39. The van der Waals surface area contributed by atoms with E-state index in [9.17, 15) is 4.79 Å². The van der Waals surface area contributed by atoms with E-state index in [2.05, 4.69) is 19.2 Å². The smallest absolute Gasteiger partial charge is 0.407 e. The lowest BCUT2D eigenvalue weighted by Gasteiger charge is -2.38. The van der Waals surface area contributed by atoms with Crippen molar-refractivity contribution in [2.24, 2.45) is 5.41 Å². The van der Waals surface area contributed by atoms with Crippen LogP contribution >= 0.6 is 0 Å². The van der Waals surface area contributed by atoms with E-state index in [-0.39, 0.29) is 17.6 Å². The van der Waals surface area contributed by atoms with Gasteiger partial charge < -0.3 is 14.8 Å². The molecule has 1 atom stereocenters. The summed E-state index contributed by atoms with van der Waals surface area (Å²) in [5.74, 6) is 0.785. The minimum absolute atomic E-state index is 0.0973. The van der Waals surface area contributed by atoms with Crippen LogP contribution in [-0.2, 0) is 4.74 Å². The third-order valence-electron chi connectivity index (χ3n) is 3.07. The molecule has 1 amide bonds. The Morgan fingerprint density at radius 2 is 2.12 bits per heavy atom. The van der Waals surface area contributed by atoms with Crippen molar-refractivity contribution in [1.29, 1.82) is 0 Å². The highest BCUT2D eigenvalue weighted by atomic mass is 16.6. The van der Waals surface area contributed by atoms with Gasteiger partial charge in [-0.05, 0) is 6.07 Å². The van der Waals surface area contributed by atoms with Gasteiger partial charge in [-0.25, -0.2) is 4.79 Å². The number of benzene rings is 1. The number of hydrogen-bond acceptors (Lipinski definition) is 3. The molecule has 4 nitrogen and oxygen atoms in total. The van der Waals surface area contributed by atoms with Crippen molar-refractivity contribution >= 4 is 6.09 Å². The first-order valence-corrected chi connectivity index (χ1v) is 5.61. The van der Waals surface area contributed by atoms with Gasteiger partial charge in [-0.1, -0.05) is 32.0 Å². The number of hydrogen-bond donors (Lipinski definition) is 1. The topological polar surface area (TPSA) is 47.6 Å². The molecule has 1 saturated heterocycles. The Morgan fingerprint density at radius 3 is 2.82 bits per heavy atom. The number of carbonyl (C=O) groups is 1. The molecule has 92 valence electrons. The van der Waals surface area contributed by atoms with Crippen LogP contribution in [0.2, 0.25) is 0 Å². The molecule has 0 saturated carbocycles. The summed E-state index contributed by atoms with van der Waals surface area (Å²) in [6.45, 7) is 4.52. The van der Waals surface area contributed by atoms with Crippen molar-refractivity contribution < 1.29 is 14.3 Å². The van der Waals surface area contributed by atoms with Gasteiger partial charge in [0.15, 0.2) is 0 Å². The average molecular weight is 235 g/mol. The van der Waals surface area contributed by atoms with Crippen LogP contribution in [0.15, 0.2) is 24.3 Å². The molecule has 1 heterocycles. The predicted octanol–water partition coefficient (Wildman–Crippen LogP) is 2.50. The van der Waals surface area contributed by atoms with E-state index in [4.69, 9.17) is 9.47 Å². The Labute approximate surface area is 101 Å². The molecule has 1 aromatic rings. The molecule has 1 aliphatic heterocycles. The Kier molecular flexibility index (Phi) is 2.96. The van der Waals surface area contributed by atoms with E-state index < -0.39 is 0 Å². The lowest BCUT2D eigenvalue weighted by atomic mass is 9.80. The molecule has 0 radical (unpaired) electrons. The molecule has 17 heavy (non-hydrogen) atoms. The van der Waals surface area contributed by atoms with Gasteiger partial charge in [0.2, 0.25) is 0 Å². The fourth-order valence-corrected chi connectivity index (χ4v) is 2.09. The Morgan fingerprint density at radius 1 is 1.41 bits per heavy atom. The van der Waals surface area contributed by atoms with Crippen LogP contribution in [-0.4, -0.2) is 19.8 Å². The first-order valence-electron chi connectivity index (χ1n) is 5.61. The number of nitrogens with one attached hydrogen (secondary N) is 1. The van der Waals surface area contributed by atoms with Crippen LogP contribution in [0.1, 0.15) is 25.5 Å². The second-order valence-corrected chi connectivity index (χ2v) is 4.88. The number of para-hydroxylation sites is 1. The van der Waals surface area contributed by atoms with Crippen LogP contribution < -0.4 is 10.1 Å². The molecule has 0 spiro atoms. The van der Waals surface area contributed by atoms with Gasteiger partial charge in [0.1, 0.15) is 12.4 Å². The minimum Gasteiger partial charge on any atom is -0.496 e. The zero-order valence-electron chi connectivity index (χ0n) is 10.3. The number of ether oxygens (including phenoxy) is 2. The molecular formula is C13H17NO3. The summed E-state index contributed by atoms with van der Waals surface area (Å²) in [4.78, 5) is 11.4. The van der Waals surface area contributed by atoms with E-state index in [1.54, 1.807) is 7.11 Å². The van der Waals surface area contributed by atoms with Gasteiger partial charge in [-0.2, -0.15) is 0 Å². The van der Waals surface area contributed by atoms with E-state index in [1.807, 2.05) is 24.3 Å². The van der Waals surface area contributed by atoms with Crippen molar-refractivity contribution in [2.45, 2.75) is 19.9 Å². The number of alkyl carbamates (subject to hydrolysis) is 1. The van der Waals surface area contributed by atoms with Gasteiger partial charge in [-0.15, -0.1) is 0 Å². The number of amides is 1. The molecule has 1 fully saturated rings. The van der Waals surface area contributed by atoms with Crippen molar-refractivity contribution in [1.82, 2.24) is 5.32 Å². The normalized spacial score (nSPS) is 22.5. The molecule has 4 heteroatoms. The summed E-state index contributed by atoms with van der Waals surface area (Å²) in [7, 11) is 1.63. The Hall–Kier alpha value is -1.71. The van der Waals surface area contributed by atoms with Crippen LogP contribution in [0.3, 0.4) is 0 Å². The quantitative estimate of drug-likeness (QED) is 0.856. The fourth-order valence-electron chi connectivity index (χ4n) is 2.09. The molecule has 1 aliphatic rings. The van der Waals surface area contributed by atoms with Gasteiger partial charge >= 0.3 is 6.09 Å². The SMILES string of the molecule is COc1ccccc1[C@H]1NC(=O)OCC1(C)C. The standard InChI is InChI=1S/C13H17NO3/c1-13(2)8-17-12(15)14-11(13)9-6-4-5-7-10(9)16-3/h4-7,11H,8H2,1-3H3,(H,14,15)/t11-/m1/s1. The predicted molar refractivity (Wildman–Crippen MR) is 64.0 cm³/mol. The summed E-state index contributed by atoms with van der Waals surface area (Å²) in [5.41, 5.74) is 0.819. The van der Waals surface area contributed by atoms with Crippen molar-refractivity contribution in [3.8, 4) is 5.75 Å². The number of cyclic esters (lactones) is 1. The van der Waals surface area contributed by atoms with E-state index in [1.165, 1.54) is 0 Å². The summed E-state index contributed by atoms with van der Waals surface area (Å²) >= 11 is 0. The maximum atomic E-state index is 11.4. The highest BCUT2D eigenvalue weighted by Gasteiger charge is 2.39. The van der Waals surface area contributed by atoms with Gasteiger partial charge in [0.05, 0.1) is 13.2 Å². The molecule has 0 bridgehead atoms. The average Bonchev–Trinajstić information content (AvgIpc) is 2.32. The fraction of sp³-hybridized carbons (Fsp3) is 0.462. The summed E-state index contributed by atoms with van der Waals surface area (Å²) in [6, 6.07) is 7.62. The van der Waals surface area contributed by atoms with Crippen molar-refractivity contribution in [3.63, 3.8) is 0 Å². The van der Waals surface area contributed by atoms with Gasteiger partial charge in [0, 0.05) is 11.0 Å². The molecule has 0 aromatic heterocycles. The largest absolute Gasteiger partial charge is 0.496 e. The number of rotatable bonds is 2. The van der Waals surface area contributed by atoms with Crippen molar-refractivity contribution in [3.05, 3.63) is 29.8 Å². The van der Waals surface area contributed by atoms with Crippen LogP contribution in [0, 0.1) is 5.41 Å². The zero-order valence-corrected chi connectivity index (χ0v) is 10.3. The van der Waals surface area contributed by atoms with Crippen molar-refractivity contribution in [2.75, 3.05) is 13.7 Å². The number of carbonyl (C=O) groups excluding carboxylic acids is 1. The highest BCUT2D eigenvalue weighted by Crippen LogP contribution is 2.39.